The lowest BCUT2D eigenvalue weighted by Crippen LogP contribution is -2.41. The van der Waals surface area contributed by atoms with E-state index in [2.05, 4.69) is 17.4 Å². The minimum absolute atomic E-state index is 0.0772. The number of hydrogen-bond donors (Lipinski definition) is 2. The molecule has 1 amide bonds. The van der Waals surface area contributed by atoms with E-state index in [0.717, 1.165) is 44.7 Å². The Kier molecular flexibility index (Phi) is 6.87. The Labute approximate surface area is 199 Å². The molecule has 4 rings (SSSR count). The normalized spacial score (nSPS) is 13.0. The maximum absolute atomic E-state index is 12.5. The van der Waals surface area contributed by atoms with E-state index in [1.54, 1.807) is 7.11 Å². The number of benzene rings is 3. The number of carbonyl (C=O) groups is 2. The van der Waals surface area contributed by atoms with Crippen LogP contribution in [0, 0.1) is 13.8 Å². The van der Waals surface area contributed by atoms with E-state index >= 15 is 0 Å². The maximum Gasteiger partial charge on any atom is 0.407 e. The monoisotopic (exact) mass is 459 g/mol. The summed E-state index contributed by atoms with van der Waals surface area (Å²) in [5, 5.41) is 12.2. The SMILES string of the molecule is COc1c(C)cc(CC[C@H](NC(=O)OCC2c3ccccc3-c3ccccc32)C(=O)O)cc1C. The zero-order valence-corrected chi connectivity index (χ0v) is 19.6. The molecule has 1 aliphatic rings. The van der Waals surface area contributed by atoms with Gasteiger partial charge in [-0.1, -0.05) is 60.7 Å². The molecule has 6 nitrogen and oxygen atoms in total. The molecule has 0 heterocycles. The van der Waals surface area contributed by atoms with Crippen LogP contribution in [-0.4, -0.2) is 36.9 Å². The number of alkyl carbamates (subject to hydrolysis) is 1. The zero-order chi connectivity index (χ0) is 24.2. The van der Waals surface area contributed by atoms with Gasteiger partial charge in [0.05, 0.1) is 7.11 Å². The molecule has 3 aromatic rings. The molecule has 0 radical (unpaired) electrons. The summed E-state index contributed by atoms with van der Waals surface area (Å²) in [5.74, 6) is -0.336. The van der Waals surface area contributed by atoms with Gasteiger partial charge in [0.15, 0.2) is 0 Å². The molecule has 0 aromatic heterocycles. The van der Waals surface area contributed by atoms with E-state index in [-0.39, 0.29) is 18.9 Å². The number of hydrogen-bond acceptors (Lipinski definition) is 4. The summed E-state index contributed by atoms with van der Waals surface area (Å²) in [4.78, 5) is 24.3. The first kappa shape index (κ1) is 23.4. The Balaban J connectivity index is 1.38. The second-order valence-corrected chi connectivity index (χ2v) is 8.66. The molecular formula is C28H29NO5. The smallest absolute Gasteiger partial charge is 0.407 e. The van der Waals surface area contributed by atoms with E-state index in [9.17, 15) is 14.7 Å². The Morgan fingerprint density at radius 3 is 2.06 bits per heavy atom. The van der Waals surface area contributed by atoms with Gasteiger partial charge in [0.1, 0.15) is 18.4 Å². The number of carboxylic acids is 1. The van der Waals surface area contributed by atoms with Gasteiger partial charge in [-0.3, -0.25) is 0 Å². The first-order valence-corrected chi connectivity index (χ1v) is 11.4. The van der Waals surface area contributed by atoms with Gasteiger partial charge in [0.2, 0.25) is 0 Å². The van der Waals surface area contributed by atoms with Crippen LogP contribution in [0.5, 0.6) is 5.75 Å². The van der Waals surface area contributed by atoms with Crippen molar-refractivity contribution in [2.45, 2.75) is 38.6 Å². The molecule has 0 aliphatic heterocycles. The molecular weight excluding hydrogens is 430 g/mol. The van der Waals surface area contributed by atoms with E-state index < -0.39 is 18.1 Å². The van der Waals surface area contributed by atoms with E-state index in [0.29, 0.717) is 6.42 Å². The quantitative estimate of drug-likeness (QED) is 0.481. The van der Waals surface area contributed by atoms with Crippen molar-refractivity contribution in [3.05, 3.63) is 88.5 Å². The van der Waals surface area contributed by atoms with Crippen LogP contribution in [0.15, 0.2) is 60.7 Å². The van der Waals surface area contributed by atoms with Gasteiger partial charge in [-0.2, -0.15) is 0 Å². The lowest BCUT2D eigenvalue weighted by molar-refractivity contribution is -0.139. The highest BCUT2D eigenvalue weighted by Gasteiger charge is 2.29. The first-order valence-electron chi connectivity index (χ1n) is 11.4. The van der Waals surface area contributed by atoms with Crippen LogP contribution in [0.4, 0.5) is 4.79 Å². The topological polar surface area (TPSA) is 84.9 Å². The lowest BCUT2D eigenvalue weighted by Gasteiger charge is -2.18. The molecule has 0 saturated carbocycles. The van der Waals surface area contributed by atoms with Crippen LogP contribution in [0.3, 0.4) is 0 Å². The number of ether oxygens (including phenoxy) is 2. The summed E-state index contributed by atoms with van der Waals surface area (Å²) in [6.45, 7) is 4.06. The van der Waals surface area contributed by atoms with E-state index in [1.807, 2.05) is 62.4 Å². The summed E-state index contributed by atoms with van der Waals surface area (Å²) < 4.78 is 10.9. The summed E-state index contributed by atoms with van der Waals surface area (Å²) >= 11 is 0. The van der Waals surface area contributed by atoms with Crippen molar-refractivity contribution in [2.24, 2.45) is 0 Å². The molecule has 0 unspecified atom stereocenters. The van der Waals surface area contributed by atoms with Gasteiger partial charge in [-0.05, 0) is 65.6 Å². The number of fused-ring (bicyclic) bond motifs is 3. The summed E-state index contributed by atoms with van der Waals surface area (Å²) in [7, 11) is 1.63. The van der Waals surface area contributed by atoms with Gasteiger partial charge in [-0.25, -0.2) is 9.59 Å². The fourth-order valence-corrected chi connectivity index (χ4v) is 4.86. The van der Waals surface area contributed by atoms with Crippen molar-refractivity contribution in [1.29, 1.82) is 0 Å². The number of aliphatic carboxylic acids is 1. The predicted octanol–water partition coefficient (Wildman–Crippen LogP) is 5.24. The minimum Gasteiger partial charge on any atom is -0.496 e. The Bertz CT molecular complexity index is 1150. The van der Waals surface area contributed by atoms with E-state index in [1.165, 1.54) is 0 Å². The average Bonchev–Trinajstić information content (AvgIpc) is 3.14. The molecule has 34 heavy (non-hydrogen) atoms. The number of methoxy groups -OCH3 is 1. The summed E-state index contributed by atoms with van der Waals surface area (Å²) in [5.41, 5.74) is 7.48. The second-order valence-electron chi connectivity index (χ2n) is 8.66. The minimum atomic E-state index is -1.09. The largest absolute Gasteiger partial charge is 0.496 e. The third-order valence-electron chi connectivity index (χ3n) is 6.38. The highest BCUT2D eigenvalue weighted by atomic mass is 16.5. The Morgan fingerprint density at radius 2 is 1.53 bits per heavy atom. The molecule has 2 N–H and O–H groups in total. The fourth-order valence-electron chi connectivity index (χ4n) is 4.86. The third kappa shape index (κ3) is 4.76. The van der Waals surface area contributed by atoms with Gasteiger partial charge < -0.3 is 19.9 Å². The third-order valence-corrected chi connectivity index (χ3v) is 6.38. The molecule has 0 saturated heterocycles. The van der Waals surface area contributed by atoms with Crippen LogP contribution in [-0.2, 0) is 16.0 Å². The lowest BCUT2D eigenvalue weighted by atomic mass is 9.98. The Hall–Kier alpha value is -3.80. The molecule has 176 valence electrons. The van der Waals surface area contributed by atoms with Crippen LogP contribution in [0.25, 0.3) is 11.1 Å². The first-order chi connectivity index (χ1) is 16.4. The predicted molar refractivity (Wildman–Crippen MR) is 130 cm³/mol. The number of carbonyl (C=O) groups excluding carboxylic acids is 1. The van der Waals surface area contributed by atoms with Gasteiger partial charge in [-0.15, -0.1) is 0 Å². The maximum atomic E-state index is 12.5. The molecule has 1 atom stereocenters. The molecule has 0 fully saturated rings. The zero-order valence-electron chi connectivity index (χ0n) is 19.6. The van der Waals surface area contributed by atoms with Gasteiger partial charge in [0.25, 0.3) is 0 Å². The van der Waals surface area contributed by atoms with Crippen molar-refractivity contribution in [1.82, 2.24) is 5.32 Å². The van der Waals surface area contributed by atoms with Crippen LogP contribution < -0.4 is 10.1 Å². The van der Waals surface area contributed by atoms with Gasteiger partial charge >= 0.3 is 12.1 Å². The highest BCUT2D eigenvalue weighted by Crippen LogP contribution is 2.44. The van der Waals surface area contributed by atoms with Crippen LogP contribution >= 0.6 is 0 Å². The molecule has 1 aliphatic carbocycles. The Morgan fingerprint density at radius 1 is 0.971 bits per heavy atom. The second kappa shape index (κ2) is 10.00. The van der Waals surface area contributed by atoms with Crippen LogP contribution in [0.2, 0.25) is 0 Å². The van der Waals surface area contributed by atoms with Crippen molar-refractivity contribution in [3.63, 3.8) is 0 Å². The van der Waals surface area contributed by atoms with Gasteiger partial charge in [0, 0.05) is 5.92 Å². The number of amides is 1. The number of rotatable bonds is 8. The molecule has 0 spiro atoms. The molecule has 0 bridgehead atoms. The number of nitrogens with one attached hydrogen (secondary N) is 1. The fraction of sp³-hybridized carbons (Fsp3) is 0.286. The standard InChI is InChI=1S/C28H29NO5/c1-17-14-19(15-18(2)26(17)33-3)12-13-25(27(30)31)29-28(32)34-16-24-22-10-6-4-8-20(22)21-9-5-7-11-23(21)24/h4-11,14-15,24-25H,12-13,16H2,1-3H3,(H,29,32)(H,30,31)/t25-/m0/s1. The van der Waals surface area contributed by atoms with Crippen molar-refractivity contribution >= 4 is 12.1 Å². The van der Waals surface area contributed by atoms with Crippen molar-refractivity contribution in [2.75, 3.05) is 13.7 Å². The summed E-state index contributed by atoms with van der Waals surface area (Å²) in [6.07, 6.45) is 0.0353. The summed E-state index contributed by atoms with van der Waals surface area (Å²) in [6, 6.07) is 19.1. The average molecular weight is 460 g/mol. The van der Waals surface area contributed by atoms with E-state index in [4.69, 9.17) is 9.47 Å². The number of aryl methyl sites for hydroxylation is 3. The molecule has 6 heteroatoms. The highest BCUT2D eigenvalue weighted by molar-refractivity contribution is 5.81. The van der Waals surface area contributed by atoms with Crippen molar-refractivity contribution in [3.8, 4) is 16.9 Å². The molecule has 3 aromatic carbocycles. The number of carboxylic acid groups (broad SMARTS) is 1. The van der Waals surface area contributed by atoms with Crippen LogP contribution in [0.1, 0.15) is 40.2 Å². The van der Waals surface area contributed by atoms with Crippen molar-refractivity contribution < 1.29 is 24.2 Å².